The summed E-state index contributed by atoms with van der Waals surface area (Å²) in [5.74, 6) is 0. The summed E-state index contributed by atoms with van der Waals surface area (Å²) in [6, 6.07) is 0. The van der Waals surface area contributed by atoms with Gasteiger partial charge >= 0.3 is 6.09 Å². The summed E-state index contributed by atoms with van der Waals surface area (Å²) in [5.41, 5.74) is 0. The lowest BCUT2D eigenvalue weighted by atomic mass is 10.3. The minimum Gasteiger partial charge on any atom is -0.449 e. The highest BCUT2D eigenvalue weighted by Gasteiger charge is 2.12. The summed E-state index contributed by atoms with van der Waals surface area (Å²) in [6.07, 6.45) is 4.05. The summed E-state index contributed by atoms with van der Waals surface area (Å²) < 4.78 is 4.87. The summed E-state index contributed by atoms with van der Waals surface area (Å²) in [4.78, 5) is 13.2. The molecule has 0 spiro atoms. The first-order chi connectivity index (χ1) is 6.76. The van der Waals surface area contributed by atoms with Gasteiger partial charge in [-0.3, -0.25) is 0 Å². The van der Waals surface area contributed by atoms with Gasteiger partial charge in [0.2, 0.25) is 0 Å². The number of carbonyl (C=O) groups is 1. The fraction of sp³-hybridized carbons (Fsp3) is 0.818. The van der Waals surface area contributed by atoms with E-state index < -0.39 is 0 Å². The van der Waals surface area contributed by atoms with Crippen LogP contribution >= 0.6 is 0 Å². The average molecular weight is 200 g/mol. The largest absolute Gasteiger partial charge is 0.449 e. The molecule has 3 heteroatoms. The van der Waals surface area contributed by atoms with E-state index in [1.165, 1.54) is 0 Å². The highest BCUT2D eigenvalue weighted by Crippen LogP contribution is 2.01. The maximum Gasteiger partial charge on any atom is 0.409 e. The van der Waals surface area contributed by atoms with Gasteiger partial charge in [0, 0.05) is 13.1 Å². The van der Waals surface area contributed by atoms with Crippen LogP contribution in [0, 0.1) is 6.92 Å². The molecule has 14 heavy (non-hydrogen) atoms. The zero-order chi connectivity index (χ0) is 10.8. The predicted octanol–water partition coefficient (Wildman–Crippen LogP) is 2.86. The minimum atomic E-state index is -0.220. The summed E-state index contributed by atoms with van der Waals surface area (Å²) in [6.45, 7) is 9.55. The van der Waals surface area contributed by atoms with Crippen LogP contribution in [0.5, 0.6) is 0 Å². The monoisotopic (exact) mass is 200 g/mol. The van der Waals surface area contributed by atoms with E-state index >= 15 is 0 Å². The molecule has 0 aliphatic heterocycles. The van der Waals surface area contributed by atoms with E-state index in [9.17, 15) is 4.79 Å². The number of unbranched alkanes of at least 4 members (excludes halogenated alkanes) is 2. The zero-order valence-electron chi connectivity index (χ0n) is 9.42. The van der Waals surface area contributed by atoms with Gasteiger partial charge in [0.25, 0.3) is 0 Å². The smallest absolute Gasteiger partial charge is 0.409 e. The van der Waals surface area contributed by atoms with Crippen LogP contribution < -0.4 is 0 Å². The molecule has 0 heterocycles. The molecule has 0 aromatic rings. The van der Waals surface area contributed by atoms with Crippen LogP contribution in [-0.4, -0.2) is 30.7 Å². The first-order valence-electron chi connectivity index (χ1n) is 5.47. The quantitative estimate of drug-likeness (QED) is 0.632. The number of hydrogen-bond acceptors (Lipinski definition) is 2. The SMILES string of the molecule is [CH2]COC(=O)N(CCCC)CCCC. The molecule has 0 N–H and O–H groups in total. The van der Waals surface area contributed by atoms with Gasteiger partial charge in [0.05, 0.1) is 6.61 Å². The second-order valence-electron chi connectivity index (χ2n) is 3.31. The Balaban J connectivity index is 3.88. The van der Waals surface area contributed by atoms with E-state index in [-0.39, 0.29) is 12.7 Å². The molecule has 3 nitrogen and oxygen atoms in total. The van der Waals surface area contributed by atoms with Crippen molar-refractivity contribution in [1.29, 1.82) is 0 Å². The Morgan fingerprint density at radius 2 is 1.71 bits per heavy atom. The molecule has 0 aromatic carbocycles. The topological polar surface area (TPSA) is 29.5 Å². The van der Waals surface area contributed by atoms with E-state index in [1.807, 2.05) is 0 Å². The van der Waals surface area contributed by atoms with E-state index in [4.69, 9.17) is 4.74 Å². The fourth-order valence-electron chi connectivity index (χ4n) is 1.17. The molecule has 0 aromatic heterocycles. The van der Waals surface area contributed by atoms with Crippen LogP contribution in [0.1, 0.15) is 39.5 Å². The van der Waals surface area contributed by atoms with E-state index in [1.54, 1.807) is 4.90 Å². The summed E-state index contributed by atoms with van der Waals surface area (Å²) in [5, 5.41) is 0. The van der Waals surface area contributed by atoms with Crippen molar-refractivity contribution in [2.75, 3.05) is 19.7 Å². The van der Waals surface area contributed by atoms with Crippen molar-refractivity contribution < 1.29 is 9.53 Å². The Kier molecular flexibility index (Phi) is 8.39. The molecule has 0 atom stereocenters. The Morgan fingerprint density at radius 1 is 1.21 bits per heavy atom. The maximum atomic E-state index is 11.4. The molecule has 0 saturated carbocycles. The Hall–Kier alpha value is -0.730. The van der Waals surface area contributed by atoms with Crippen molar-refractivity contribution in [2.45, 2.75) is 39.5 Å². The van der Waals surface area contributed by atoms with Crippen LogP contribution in [0.3, 0.4) is 0 Å². The Bertz CT molecular complexity index is 140. The lowest BCUT2D eigenvalue weighted by Crippen LogP contribution is -2.33. The molecule has 0 rings (SSSR count). The van der Waals surface area contributed by atoms with Gasteiger partial charge in [-0.25, -0.2) is 4.79 Å². The van der Waals surface area contributed by atoms with Crippen LogP contribution in [0.4, 0.5) is 4.79 Å². The van der Waals surface area contributed by atoms with Crippen LogP contribution in [-0.2, 0) is 4.74 Å². The minimum absolute atomic E-state index is 0.216. The molecule has 0 saturated heterocycles. The second-order valence-corrected chi connectivity index (χ2v) is 3.31. The van der Waals surface area contributed by atoms with Gasteiger partial charge < -0.3 is 9.64 Å². The van der Waals surface area contributed by atoms with Gasteiger partial charge in [-0.2, -0.15) is 0 Å². The lowest BCUT2D eigenvalue weighted by Gasteiger charge is -2.21. The number of amides is 1. The Morgan fingerprint density at radius 3 is 2.07 bits per heavy atom. The number of ether oxygens (including phenoxy) is 1. The van der Waals surface area contributed by atoms with Gasteiger partial charge in [0.15, 0.2) is 0 Å². The third kappa shape index (κ3) is 5.84. The average Bonchev–Trinajstić information content (AvgIpc) is 2.18. The first-order valence-corrected chi connectivity index (χ1v) is 5.47. The molecular formula is C11H22NO2. The van der Waals surface area contributed by atoms with Crippen LogP contribution in [0.15, 0.2) is 0 Å². The van der Waals surface area contributed by atoms with Crippen molar-refractivity contribution in [3.05, 3.63) is 6.92 Å². The third-order valence-corrected chi connectivity index (χ3v) is 2.05. The molecule has 0 aliphatic carbocycles. The summed E-state index contributed by atoms with van der Waals surface area (Å²) in [7, 11) is 0. The van der Waals surface area contributed by atoms with Crippen molar-refractivity contribution >= 4 is 6.09 Å². The molecule has 1 amide bonds. The normalized spacial score (nSPS) is 9.93. The van der Waals surface area contributed by atoms with Crippen molar-refractivity contribution in [3.8, 4) is 0 Å². The van der Waals surface area contributed by atoms with Gasteiger partial charge in [-0.1, -0.05) is 26.7 Å². The fourth-order valence-corrected chi connectivity index (χ4v) is 1.17. The predicted molar refractivity (Wildman–Crippen MR) is 58.1 cm³/mol. The molecular weight excluding hydrogens is 178 g/mol. The second kappa shape index (κ2) is 8.85. The summed E-state index contributed by atoms with van der Waals surface area (Å²) >= 11 is 0. The highest BCUT2D eigenvalue weighted by molar-refractivity contribution is 5.67. The first kappa shape index (κ1) is 13.3. The molecule has 0 fully saturated rings. The van der Waals surface area contributed by atoms with Crippen molar-refractivity contribution in [1.82, 2.24) is 4.90 Å². The van der Waals surface area contributed by atoms with Crippen molar-refractivity contribution in [2.24, 2.45) is 0 Å². The van der Waals surface area contributed by atoms with Gasteiger partial charge in [-0.15, -0.1) is 0 Å². The molecule has 0 bridgehead atoms. The van der Waals surface area contributed by atoms with E-state index in [2.05, 4.69) is 20.8 Å². The van der Waals surface area contributed by atoms with Crippen LogP contribution in [0.25, 0.3) is 0 Å². The lowest BCUT2D eigenvalue weighted by molar-refractivity contribution is 0.110. The highest BCUT2D eigenvalue weighted by atomic mass is 16.6. The standard InChI is InChI=1S/C11H22NO2/c1-4-7-9-12(10-8-5-2)11(13)14-6-3/h3-10H2,1-2H3. The van der Waals surface area contributed by atoms with E-state index in [0.717, 1.165) is 38.8 Å². The third-order valence-electron chi connectivity index (χ3n) is 2.05. The number of rotatable bonds is 7. The maximum absolute atomic E-state index is 11.4. The Labute approximate surface area is 87.4 Å². The molecule has 0 aliphatic rings. The van der Waals surface area contributed by atoms with Gasteiger partial charge in [-0.05, 0) is 19.8 Å². The number of nitrogens with zero attached hydrogens (tertiary/aromatic N) is 1. The van der Waals surface area contributed by atoms with Crippen molar-refractivity contribution in [3.63, 3.8) is 0 Å². The molecule has 0 unspecified atom stereocenters. The van der Waals surface area contributed by atoms with E-state index in [0.29, 0.717) is 0 Å². The molecule has 1 radical (unpaired) electrons. The zero-order valence-corrected chi connectivity index (χ0v) is 9.42. The van der Waals surface area contributed by atoms with Crippen LogP contribution in [0.2, 0.25) is 0 Å². The molecule has 83 valence electrons. The number of hydrogen-bond donors (Lipinski definition) is 0. The number of carbonyl (C=O) groups excluding carboxylic acids is 1. The van der Waals surface area contributed by atoms with Gasteiger partial charge in [0.1, 0.15) is 0 Å².